The lowest BCUT2D eigenvalue weighted by atomic mass is 10.2. The minimum Gasteiger partial charge on any atom is -0.497 e. The van der Waals surface area contributed by atoms with Crippen molar-refractivity contribution in [3.8, 4) is 27.8 Å². The number of methoxy groups -OCH3 is 2. The molecule has 0 amide bonds. The van der Waals surface area contributed by atoms with Crippen LogP contribution in [0.5, 0.6) is 17.2 Å². The summed E-state index contributed by atoms with van der Waals surface area (Å²) in [5.41, 5.74) is 2.06. The van der Waals surface area contributed by atoms with Crippen LogP contribution in [0.1, 0.15) is 11.4 Å². The van der Waals surface area contributed by atoms with E-state index in [1.54, 1.807) is 18.7 Å². The average molecular weight is 382 g/mol. The van der Waals surface area contributed by atoms with Crippen LogP contribution < -0.4 is 14.2 Å². The molecule has 0 aliphatic heterocycles. The maximum atomic E-state index is 5.80. The summed E-state index contributed by atoms with van der Waals surface area (Å²) < 4.78 is 18.2. The van der Waals surface area contributed by atoms with Gasteiger partial charge in [-0.05, 0) is 31.2 Å². The Bertz CT molecular complexity index is 1070. The fourth-order valence-electron chi connectivity index (χ4n) is 2.61. The first-order chi connectivity index (χ1) is 13.2. The number of rotatable bonds is 6. The molecule has 0 saturated carbocycles. The minimum atomic E-state index is 0.285. The standard InChI is InChI=1S/C19H18N4O3S/c1-12-4-6-13(7-5-12)26-11-17-20-21-19-23(17)22-18(27-19)15-9-8-14(24-2)10-16(15)25-3/h4-10H,11H2,1-3H3. The summed E-state index contributed by atoms with van der Waals surface area (Å²) in [6.45, 7) is 2.32. The normalized spacial score (nSPS) is 10.9. The smallest absolute Gasteiger partial charge is 0.235 e. The molecule has 7 nitrogen and oxygen atoms in total. The van der Waals surface area contributed by atoms with Crippen LogP contribution in [-0.2, 0) is 6.61 Å². The number of benzene rings is 2. The minimum absolute atomic E-state index is 0.285. The number of hydrogen-bond acceptors (Lipinski definition) is 7. The number of nitrogens with zero attached hydrogens (tertiary/aromatic N) is 4. The van der Waals surface area contributed by atoms with Gasteiger partial charge < -0.3 is 14.2 Å². The summed E-state index contributed by atoms with van der Waals surface area (Å²) in [4.78, 5) is 0.699. The highest BCUT2D eigenvalue weighted by Crippen LogP contribution is 2.35. The van der Waals surface area contributed by atoms with E-state index in [1.807, 2.05) is 49.4 Å². The predicted molar refractivity (Wildman–Crippen MR) is 103 cm³/mol. The van der Waals surface area contributed by atoms with E-state index in [0.717, 1.165) is 22.1 Å². The van der Waals surface area contributed by atoms with Crippen LogP contribution in [0.15, 0.2) is 42.5 Å². The molecular formula is C19H18N4O3S. The van der Waals surface area contributed by atoms with Gasteiger partial charge in [0.15, 0.2) is 10.8 Å². The SMILES string of the molecule is COc1ccc(-c2nn3c(COc4ccc(C)cc4)nnc3s2)c(OC)c1. The maximum absolute atomic E-state index is 5.80. The molecule has 0 saturated heterocycles. The van der Waals surface area contributed by atoms with Crippen LogP contribution in [0.2, 0.25) is 0 Å². The van der Waals surface area contributed by atoms with Gasteiger partial charge in [-0.3, -0.25) is 0 Å². The maximum Gasteiger partial charge on any atom is 0.235 e. The zero-order valence-electron chi connectivity index (χ0n) is 15.2. The van der Waals surface area contributed by atoms with E-state index in [1.165, 1.54) is 16.9 Å². The van der Waals surface area contributed by atoms with Gasteiger partial charge in [0.25, 0.3) is 0 Å². The second kappa shape index (κ2) is 7.24. The lowest BCUT2D eigenvalue weighted by Crippen LogP contribution is -2.02. The highest BCUT2D eigenvalue weighted by Gasteiger charge is 2.16. The largest absolute Gasteiger partial charge is 0.497 e. The Kier molecular flexibility index (Phi) is 4.64. The van der Waals surface area contributed by atoms with Crippen molar-refractivity contribution in [2.45, 2.75) is 13.5 Å². The molecule has 0 bridgehead atoms. The molecule has 2 aromatic heterocycles. The molecule has 0 unspecified atom stereocenters. The quantitative estimate of drug-likeness (QED) is 0.506. The molecule has 0 aliphatic rings. The number of hydrogen-bond donors (Lipinski definition) is 0. The van der Waals surface area contributed by atoms with Crippen LogP contribution >= 0.6 is 11.3 Å². The molecule has 0 spiro atoms. The van der Waals surface area contributed by atoms with Crippen LogP contribution in [-0.4, -0.2) is 34.0 Å². The summed E-state index contributed by atoms with van der Waals surface area (Å²) in [6, 6.07) is 13.5. The van der Waals surface area contributed by atoms with Gasteiger partial charge in [-0.25, -0.2) is 0 Å². The zero-order chi connectivity index (χ0) is 18.8. The van der Waals surface area contributed by atoms with Crippen LogP contribution in [0.3, 0.4) is 0 Å². The Labute approximate surface area is 160 Å². The van der Waals surface area contributed by atoms with Crippen molar-refractivity contribution in [2.75, 3.05) is 14.2 Å². The van der Waals surface area contributed by atoms with Gasteiger partial charge in [0.2, 0.25) is 4.96 Å². The van der Waals surface area contributed by atoms with Gasteiger partial charge in [-0.1, -0.05) is 29.0 Å². The average Bonchev–Trinajstić information content (AvgIpc) is 3.28. The summed E-state index contributed by atoms with van der Waals surface area (Å²) >= 11 is 1.44. The Hall–Kier alpha value is -3.13. The lowest BCUT2D eigenvalue weighted by molar-refractivity contribution is 0.293. The number of fused-ring (bicyclic) bond motifs is 1. The Morgan fingerprint density at radius 1 is 0.963 bits per heavy atom. The van der Waals surface area contributed by atoms with E-state index < -0.39 is 0 Å². The first-order valence-electron chi connectivity index (χ1n) is 8.31. The molecule has 0 fully saturated rings. The summed E-state index contributed by atoms with van der Waals surface area (Å²) in [6.07, 6.45) is 0. The highest BCUT2D eigenvalue weighted by atomic mass is 32.1. The number of aromatic nitrogens is 4. The van der Waals surface area contributed by atoms with Gasteiger partial charge in [-0.15, -0.1) is 10.2 Å². The zero-order valence-corrected chi connectivity index (χ0v) is 16.0. The topological polar surface area (TPSA) is 70.8 Å². The number of ether oxygens (including phenoxy) is 3. The van der Waals surface area contributed by atoms with E-state index in [4.69, 9.17) is 14.2 Å². The molecular weight excluding hydrogens is 364 g/mol. The first kappa shape index (κ1) is 17.3. The van der Waals surface area contributed by atoms with Gasteiger partial charge in [0.05, 0.1) is 19.8 Å². The third-order valence-corrected chi connectivity index (χ3v) is 5.02. The van der Waals surface area contributed by atoms with Gasteiger partial charge in [0.1, 0.15) is 23.9 Å². The molecule has 2 aromatic carbocycles. The first-order valence-corrected chi connectivity index (χ1v) is 9.12. The summed E-state index contributed by atoms with van der Waals surface area (Å²) in [7, 11) is 3.25. The van der Waals surface area contributed by atoms with E-state index >= 15 is 0 Å². The highest BCUT2D eigenvalue weighted by molar-refractivity contribution is 7.19. The van der Waals surface area contributed by atoms with Crippen molar-refractivity contribution in [2.24, 2.45) is 0 Å². The Morgan fingerprint density at radius 2 is 1.74 bits per heavy atom. The predicted octanol–water partition coefficient (Wildman–Crippen LogP) is 3.76. The van der Waals surface area contributed by atoms with E-state index in [-0.39, 0.29) is 6.61 Å². The van der Waals surface area contributed by atoms with Crippen LogP contribution in [0.4, 0.5) is 0 Å². The number of aryl methyl sites for hydroxylation is 1. The molecule has 0 aliphatic carbocycles. The third-order valence-electron chi connectivity index (χ3n) is 4.08. The molecule has 0 radical (unpaired) electrons. The Balaban J connectivity index is 1.61. The van der Waals surface area contributed by atoms with E-state index in [9.17, 15) is 0 Å². The van der Waals surface area contributed by atoms with Crippen molar-refractivity contribution in [3.63, 3.8) is 0 Å². The van der Waals surface area contributed by atoms with Crippen LogP contribution in [0, 0.1) is 6.92 Å². The molecule has 4 aromatic rings. The summed E-state index contributed by atoms with van der Waals surface area (Å²) in [5.74, 6) is 2.84. The lowest BCUT2D eigenvalue weighted by Gasteiger charge is -2.07. The van der Waals surface area contributed by atoms with E-state index in [2.05, 4.69) is 15.3 Å². The van der Waals surface area contributed by atoms with Gasteiger partial charge in [-0.2, -0.15) is 9.61 Å². The second-order valence-corrected chi connectivity index (χ2v) is 6.84. The van der Waals surface area contributed by atoms with Crippen molar-refractivity contribution >= 4 is 16.3 Å². The van der Waals surface area contributed by atoms with E-state index in [0.29, 0.717) is 16.5 Å². The Morgan fingerprint density at radius 3 is 2.48 bits per heavy atom. The molecule has 4 rings (SSSR count). The van der Waals surface area contributed by atoms with Gasteiger partial charge >= 0.3 is 0 Å². The molecule has 0 atom stereocenters. The fraction of sp³-hybridized carbons (Fsp3) is 0.211. The van der Waals surface area contributed by atoms with Crippen molar-refractivity contribution in [1.82, 2.24) is 19.8 Å². The molecule has 138 valence electrons. The monoisotopic (exact) mass is 382 g/mol. The fourth-order valence-corrected chi connectivity index (χ4v) is 3.50. The third kappa shape index (κ3) is 3.43. The summed E-state index contributed by atoms with van der Waals surface area (Å²) in [5, 5.41) is 13.8. The molecule has 27 heavy (non-hydrogen) atoms. The van der Waals surface area contributed by atoms with Gasteiger partial charge in [0, 0.05) is 6.07 Å². The van der Waals surface area contributed by atoms with Crippen molar-refractivity contribution in [1.29, 1.82) is 0 Å². The second-order valence-electron chi connectivity index (χ2n) is 5.89. The molecule has 0 N–H and O–H groups in total. The molecule has 8 heteroatoms. The van der Waals surface area contributed by atoms with Crippen molar-refractivity contribution < 1.29 is 14.2 Å². The molecule has 2 heterocycles. The van der Waals surface area contributed by atoms with Crippen molar-refractivity contribution in [3.05, 3.63) is 53.9 Å². The van der Waals surface area contributed by atoms with Crippen LogP contribution in [0.25, 0.3) is 15.5 Å².